The normalized spacial score (nSPS) is 14.5. The van der Waals surface area contributed by atoms with Crippen LogP contribution >= 0.6 is 0 Å². The van der Waals surface area contributed by atoms with Crippen LogP contribution in [-0.2, 0) is 17.9 Å². The summed E-state index contributed by atoms with van der Waals surface area (Å²) < 4.78 is 5.38. The highest BCUT2D eigenvalue weighted by atomic mass is 16.3. The van der Waals surface area contributed by atoms with Crippen molar-refractivity contribution in [2.24, 2.45) is 0 Å². The molecule has 2 aromatic rings. The Balaban J connectivity index is 1.54. The third-order valence-corrected chi connectivity index (χ3v) is 4.84. The standard InChI is InChI=1S/C21H27N3O3/c25-20(14-22-21(26)23-18-10-5-2-6-11-18)24(16-19-12-7-13-27-19)15-17-8-3-1-4-9-17/h1,3-4,7-9,12-13,18H,2,5-6,10-11,14-16H2,(H2,22,23,26). The average Bonchev–Trinajstić information content (AvgIpc) is 3.20. The highest BCUT2D eigenvalue weighted by Gasteiger charge is 2.19. The van der Waals surface area contributed by atoms with Crippen LogP contribution < -0.4 is 10.6 Å². The van der Waals surface area contributed by atoms with Gasteiger partial charge in [0, 0.05) is 12.6 Å². The molecule has 1 fully saturated rings. The van der Waals surface area contributed by atoms with Gasteiger partial charge in [0.05, 0.1) is 19.4 Å². The van der Waals surface area contributed by atoms with Crippen LogP contribution in [0.5, 0.6) is 0 Å². The Kier molecular flexibility index (Phi) is 6.90. The average molecular weight is 369 g/mol. The molecule has 144 valence electrons. The summed E-state index contributed by atoms with van der Waals surface area (Å²) in [6.07, 6.45) is 7.16. The van der Waals surface area contributed by atoms with Gasteiger partial charge in [-0.1, -0.05) is 49.6 Å². The Labute approximate surface area is 159 Å². The fraction of sp³-hybridized carbons (Fsp3) is 0.429. The number of rotatable bonds is 7. The number of benzene rings is 1. The molecular weight excluding hydrogens is 342 g/mol. The first-order valence-electron chi connectivity index (χ1n) is 9.59. The monoisotopic (exact) mass is 369 g/mol. The van der Waals surface area contributed by atoms with Crippen LogP contribution in [0.3, 0.4) is 0 Å². The van der Waals surface area contributed by atoms with Crippen molar-refractivity contribution >= 4 is 11.9 Å². The summed E-state index contributed by atoms with van der Waals surface area (Å²) in [5.41, 5.74) is 1.03. The number of urea groups is 1. The third kappa shape index (κ3) is 6.16. The largest absolute Gasteiger partial charge is 0.467 e. The zero-order chi connectivity index (χ0) is 18.9. The molecule has 1 aromatic heterocycles. The first-order chi connectivity index (χ1) is 13.2. The van der Waals surface area contributed by atoms with E-state index in [0.29, 0.717) is 18.8 Å². The second-order valence-electron chi connectivity index (χ2n) is 6.98. The highest BCUT2D eigenvalue weighted by molar-refractivity contribution is 5.84. The SMILES string of the molecule is O=C(NCC(=O)N(Cc1ccccc1)Cc1ccco1)NC1CCCCC1. The summed E-state index contributed by atoms with van der Waals surface area (Å²) in [6, 6.07) is 13.4. The molecule has 0 radical (unpaired) electrons. The zero-order valence-electron chi connectivity index (χ0n) is 15.5. The van der Waals surface area contributed by atoms with E-state index in [2.05, 4.69) is 10.6 Å². The summed E-state index contributed by atoms with van der Waals surface area (Å²) in [7, 11) is 0. The first-order valence-corrected chi connectivity index (χ1v) is 9.59. The fourth-order valence-corrected chi connectivity index (χ4v) is 3.38. The van der Waals surface area contributed by atoms with E-state index >= 15 is 0 Å². The minimum Gasteiger partial charge on any atom is -0.467 e. The summed E-state index contributed by atoms with van der Waals surface area (Å²) in [6.45, 7) is 0.797. The predicted octanol–water partition coefficient (Wildman–Crippen LogP) is 3.44. The van der Waals surface area contributed by atoms with Crippen molar-refractivity contribution in [2.45, 2.75) is 51.2 Å². The van der Waals surface area contributed by atoms with Crippen LogP contribution in [0.2, 0.25) is 0 Å². The maximum Gasteiger partial charge on any atom is 0.315 e. The Morgan fingerprint density at radius 3 is 2.48 bits per heavy atom. The van der Waals surface area contributed by atoms with Gasteiger partial charge in [0.15, 0.2) is 0 Å². The lowest BCUT2D eigenvalue weighted by Gasteiger charge is -2.24. The van der Waals surface area contributed by atoms with Gasteiger partial charge < -0.3 is 20.0 Å². The van der Waals surface area contributed by atoms with E-state index in [1.54, 1.807) is 17.2 Å². The lowest BCUT2D eigenvalue weighted by atomic mass is 9.96. The summed E-state index contributed by atoms with van der Waals surface area (Å²) in [5.74, 6) is 0.569. The molecule has 6 nitrogen and oxygen atoms in total. The van der Waals surface area contributed by atoms with Gasteiger partial charge in [-0.2, -0.15) is 0 Å². The summed E-state index contributed by atoms with van der Waals surface area (Å²) in [4.78, 5) is 26.5. The second-order valence-corrected chi connectivity index (χ2v) is 6.98. The van der Waals surface area contributed by atoms with Gasteiger partial charge in [-0.3, -0.25) is 4.79 Å². The third-order valence-electron chi connectivity index (χ3n) is 4.84. The van der Waals surface area contributed by atoms with Crippen LogP contribution in [0, 0.1) is 0 Å². The van der Waals surface area contributed by atoms with Gasteiger partial charge in [0.2, 0.25) is 5.91 Å². The zero-order valence-corrected chi connectivity index (χ0v) is 15.5. The van der Waals surface area contributed by atoms with Crippen molar-refractivity contribution in [3.05, 3.63) is 60.1 Å². The molecule has 0 atom stereocenters. The Bertz CT molecular complexity index is 710. The van der Waals surface area contributed by atoms with Crippen molar-refractivity contribution in [3.8, 4) is 0 Å². The van der Waals surface area contributed by atoms with Gasteiger partial charge >= 0.3 is 6.03 Å². The van der Waals surface area contributed by atoms with Crippen LogP contribution in [0.1, 0.15) is 43.4 Å². The number of amides is 3. The van der Waals surface area contributed by atoms with Crippen molar-refractivity contribution in [1.29, 1.82) is 0 Å². The molecule has 0 aliphatic heterocycles. The predicted molar refractivity (Wildman–Crippen MR) is 103 cm³/mol. The molecule has 0 bridgehead atoms. The minimum atomic E-state index is -0.270. The molecule has 1 aromatic carbocycles. The van der Waals surface area contributed by atoms with Crippen LogP contribution in [-0.4, -0.2) is 29.4 Å². The molecule has 1 heterocycles. The molecule has 1 aliphatic carbocycles. The summed E-state index contributed by atoms with van der Waals surface area (Å²) >= 11 is 0. The van der Waals surface area contributed by atoms with Crippen molar-refractivity contribution < 1.29 is 14.0 Å². The molecular formula is C21H27N3O3. The van der Waals surface area contributed by atoms with Gasteiger partial charge in [0.25, 0.3) is 0 Å². The van der Waals surface area contributed by atoms with E-state index in [0.717, 1.165) is 31.2 Å². The highest BCUT2D eigenvalue weighted by Crippen LogP contribution is 2.17. The minimum absolute atomic E-state index is 0.0356. The number of carbonyl (C=O) groups excluding carboxylic acids is 2. The maximum atomic E-state index is 12.7. The molecule has 0 spiro atoms. The number of nitrogens with one attached hydrogen (secondary N) is 2. The van der Waals surface area contributed by atoms with Crippen LogP contribution in [0.15, 0.2) is 53.1 Å². The topological polar surface area (TPSA) is 74.6 Å². The molecule has 0 saturated heterocycles. The van der Waals surface area contributed by atoms with Crippen molar-refractivity contribution in [1.82, 2.24) is 15.5 Å². The summed E-state index contributed by atoms with van der Waals surface area (Å²) in [5, 5.41) is 5.67. The number of carbonyl (C=O) groups is 2. The maximum absolute atomic E-state index is 12.7. The second kappa shape index (κ2) is 9.80. The molecule has 3 rings (SSSR count). The Morgan fingerprint density at radius 1 is 1.00 bits per heavy atom. The van der Waals surface area contributed by atoms with E-state index < -0.39 is 0 Å². The fourth-order valence-electron chi connectivity index (χ4n) is 3.38. The molecule has 2 N–H and O–H groups in total. The number of hydrogen-bond acceptors (Lipinski definition) is 3. The van der Waals surface area contributed by atoms with Crippen molar-refractivity contribution in [3.63, 3.8) is 0 Å². The molecule has 1 aliphatic rings. The van der Waals surface area contributed by atoms with E-state index in [-0.39, 0.29) is 24.5 Å². The van der Waals surface area contributed by atoms with Gasteiger partial charge in [-0.25, -0.2) is 4.79 Å². The van der Waals surface area contributed by atoms with Gasteiger partial charge in [0.1, 0.15) is 5.76 Å². The van der Waals surface area contributed by atoms with Crippen LogP contribution in [0.4, 0.5) is 4.79 Å². The van der Waals surface area contributed by atoms with Gasteiger partial charge in [-0.05, 0) is 30.5 Å². The quantitative estimate of drug-likeness (QED) is 0.785. The smallest absolute Gasteiger partial charge is 0.315 e. The Hall–Kier alpha value is -2.76. The number of furan rings is 1. The Morgan fingerprint density at radius 2 is 1.78 bits per heavy atom. The first kappa shape index (κ1) is 19.0. The lowest BCUT2D eigenvalue weighted by Crippen LogP contribution is -2.46. The van der Waals surface area contributed by atoms with Crippen molar-refractivity contribution in [2.75, 3.05) is 6.54 Å². The van der Waals surface area contributed by atoms with Gasteiger partial charge in [-0.15, -0.1) is 0 Å². The molecule has 27 heavy (non-hydrogen) atoms. The molecule has 0 unspecified atom stereocenters. The molecule has 6 heteroatoms. The van der Waals surface area contributed by atoms with E-state index in [4.69, 9.17) is 4.42 Å². The van der Waals surface area contributed by atoms with E-state index in [1.807, 2.05) is 36.4 Å². The molecule has 1 saturated carbocycles. The van der Waals surface area contributed by atoms with Crippen LogP contribution in [0.25, 0.3) is 0 Å². The van der Waals surface area contributed by atoms with E-state index in [9.17, 15) is 9.59 Å². The number of nitrogens with zero attached hydrogens (tertiary/aromatic N) is 1. The lowest BCUT2D eigenvalue weighted by molar-refractivity contribution is -0.131. The number of hydrogen-bond donors (Lipinski definition) is 2. The molecule has 3 amide bonds. The van der Waals surface area contributed by atoms with E-state index in [1.165, 1.54) is 6.42 Å².